The number of carboxylic acids is 1. The lowest BCUT2D eigenvalue weighted by atomic mass is 9.96. The number of fused-ring (bicyclic) bond motifs is 1. The normalized spacial score (nSPS) is 13.0. The highest BCUT2D eigenvalue weighted by molar-refractivity contribution is 6.31. The molecule has 0 bridgehead atoms. The lowest BCUT2D eigenvalue weighted by molar-refractivity contribution is -0.0486. The third kappa shape index (κ3) is 4.22. The Morgan fingerprint density at radius 3 is 2.55 bits per heavy atom. The van der Waals surface area contributed by atoms with Crippen molar-refractivity contribution < 1.29 is 23.4 Å². The number of rotatable bonds is 6. The molecule has 1 unspecified atom stereocenters. The van der Waals surface area contributed by atoms with Crippen molar-refractivity contribution in [2.45, 2.75) is 25.9 Å². The van der Waals surface area contributed by atoms with Crippen LogP contribution in [0.4, 0.5) is 8.78 Å². The average Bonchev–Trinajstić information content (AvgIpc) is 2.67. The first-order chi connectivity index (χ1) is 13.7. The summed E-state index contributed by atoms with van der Waals surface area (Å²) in [5.41, 5.74) is 0.975. The van der Waals surface area contributed by atoms with Crippen LogP contribution >= 0.6 is 11.6 Å². The van der Waals surface area contributed by atoms with Gasteiger partial charge in [0.2, 0.25) is 5.88 Å². The minimum atomic E-state index is -3.30. The van der Waals surface area contributed by atoms with Gasteiger partial charge in [-0.15, -0.1) is 0 Å². The van der Waals surface area contributed by atoms with Crippen LogP contribution in [-0.4, -0.2) is 28.1 Å². The maximum Gasteiger partial charge on any atom is 0.341 e. The van der Waals surface area contributed by atoms with Crippen LogP contribution in [0.25, 0.3) is 22.0 Å². The average molecular weight is 418 g/mol. The number of nitrogens with zero attached hydrogens (tertiary/aromatic N) is 1. The van der Waals surface area contributed by atoms with Gasteiger partial charge < -0.3 is 9.84 Å². The number of aromatic carboxylic acids is 1. The van der Waals surface area contributed by atoms with Gasteiger partial charge in [0.15, 0.2) is 6.10 Å². The van der Waals surface area contributed by atoms with Gasteiger partial charge in [-0.3, -0.25) is 0 Å². The molecule has 2 aromatic carbocycles. The molecule has 29 heavy (non-hydrogen) atoms. The SMILES string of the molecule is CC=CC(F)(F)C(C)Oc1nc2ccc(Cl)cc2c(-c2ccccc2)c1C(=O)O. The molecule has 0 fully saturated rings. The van der Waals surface area contributed by atoms with E-state index >= 15 is 0 Å². The molecule has 4 nitrogen and oxygen atoms in total. The standard InChI is InChI=1S/C22H18ClF2NO3/c1-3-11-22(24,25)13(2)29-20-19(21(27)28)18(14-7-5-4-6-8-14)16-12-15(23)9-10-17(16)26-20/h3-13H,1-2H3,(H,27,28). The lowest BCUT2D eigenvalue weighted by Gasteiger charge is -2.23. The molecule has 3 aromatic rings. The summed E-state index contributed by atoms with van der Waals surface area (Å²) in [6.45, 7) is 2.64. The fraction of sp³-hybridized carbons (Fsp3) is 0.182. The van der Waals surface area contributed by atoms with E-state index < -0.39 is 18.0 Å². The summed E-state index contributed by atoms with van der Waals surface area (Å²) in [4.78, 5) is 16.4. The zero-order chi connectivity index (χ0) is 21.2. The van der Waals surface area contributed by atoms with Crippen molar-refractivity contribution in [1.29, 1.82) is 0 Å². The number of hydrogen-bond donors (Lipinski definition) is 1. The first-order valence-corrected chi connectivity index (χ1v) is 9.22. The molecule has 1 aromatic heterocycles. The number of carbonyl (C=O) groups is 1. The molecule has 3 rings (SSSR count). The molecule has 1 atom stereocenters. The Morgan fingerprint density at radius 1 is 1.24 bits per heavy atom. The molecule has 0 aliphatic heterocycles. The van der Waals surface area contributed by atoms with E-state index in [2.05, 4.69) is 4.98 Å². The quantitative estimate of drug-likeness (QED) is 0.483. The second kappa shape index (κ2) is 8.17. The highest BCUT2D eigenvalue weighted by Crippen LogP contribution is 2.38. The maximum absolute atomic E-state index is 14.2. The number of alkyl halides is 2. The molecule has 1 heterocycles. The van der Waals surface area contributed by atoms with E-state index in [1.807, 2.05) is 0 Å². The third-order valence-corrected chi connectivity index (χ3v) is 4.64. The number of carboxylic acid groups (broad SMARTS) is 1. The highest BCUT2D eigenvalue weighted by Gasteiger charge is 2.37. The van der Waals surface area contributed by atoms with Crippen LogP contribution in [0, 0.1) is 0 Å². The van der Waals surface area contributed by atoms with Crippen molar-refractivity contribution in [3.63, 3.8) is 0 Å². The molecule has 0 aliphatic carbocycles. The molecule has 0 saturated carbocycles. The minimum absolute atomic E-state index is 0.297. The van der Waals surface area contributed by atoms with Crippen molar-refractivity contribution in [3.05, 3.63) is 71.3 Å². The van der Waals surface area contributed by atoms with E-state index in [0.717, 1.165) is 0 Å². The van der Waals surface area contributed by atoms with Gasteiger partial charge in [-0.05, 0) is 43.7 Å². The van der Waals surface area contributed by atoms with Gasteiger partial charge in [0.25, 0.3) is 0 Å². The summed E-state index contributed by atoms with van der Waals surface area (Å²) >= 11 is 6.12. The van der Waals surface area contributed by atoms with Crippen molar-refractivity contribution in [1.82, 2.24) is 4.98 Å². The van der Waals surface area contributed by atoms with Crippen molar-refractivity contribution in [3.8, 4) is 17.0 Å². The minimum Gasteiger partial charge on any atom is -0.477 e. The maximum atomic E-state index is 14.2. The smallest absolute Gasteiger partial charge is 0.341 e. The van der Waals surface area contributed by atoms with Crippen LogP contribution < -0.4 is 4.74 Å². The van der Waals surface area contributed by atoms with E-state index in [1.165, 1.54) is 19.9 Å². The Hall–Kier alpha value is -2.99. The molecule has 7 heteroatoms. The molecular formula is C22H18ClF2NO3. The van der Waals surface area contributed by atoms with Gasteiger partial charge in [-0.25, -0.2) is 9.78 Å². The van der Waals surface area contributed by atoms with Crippen LogP contribution in [0.1, 0.15) is 24.2 Å². The van der Waals surface area contributed by atoms with Gasteiger partial charge in [-0.1, -0.05) is 48.0 Å². The Kier molecular flexibility index (Phi) is 5.84. The van der Waals surface area contributed by atoms with Crippen molar-refractivity contribution in [2.24, 2.45) is 0 Å². The fourth-order valence-corrected chi connectivity index (χ4v) is 3.18. The summed E-state index contributed by atoms with van der Waals surface area (Å²) in [5.74, 6) is -5.01. The topological polar surface area (TPSA) is 59.4 Å². The molecule has 0 amide bonds. The summed E-state index contributed by atoms with van der Waals surface area (Å²) in [7, 11) is 0. The number of pyridine rings is 1. The monoisotopic (exact) mass is 417 g/mol. The van der Waals surface area contributed by atoms with Gasteiger partial charge in [0.1, 0.15) is 5.56 Å². The van der Waals surface area contributed by atoms with Gasteiger partial charge in [-0.2, -0.15) is 8.78 Å². The Bertz CT molecular complexity index is 1080. The van der Waals surface area contributed by atoms with Crippen LogP contribution in [0.3, 0.4) is 0 Å². The summed E-state index contributed by atoms with van der Waals surface area (Å²) in [6.07, 6.45) is 0.290. The zero-order valence-electron chi connectivity index (χ0n) is 15.7. The molecule has 0 saturated heterocycles. The van der Waals surface area contributed by atoms with Gasteiger partial charge in [0.05, 0.1) is 5.52 Å². The Balaban J connectivity index is 2.30. The van der Waals surface area contributed by atoms with Crippen molar-refractivity contribution in [2.75, 3.05) is 0 Å². The van der Waals surface area contributed by atoms with Crippen LogP contribution in [-0.2, 0) is 0 Å². The number of halogens is 3. The van der Waals surface area contributed by atoms with Crippen LogP contribution in [0.2, 0.25) is 5.02 Å². The molecule has 150 valence electrons. The first kappa shape index (κ1) is 20.7. The largest absolute Gasteiger partial charge is 0.477 e. The second-order valence-electron chi connectivity index (χ2n) is 6.43. The number of benzene rings is 2. The van der Waals surface area contributed by atoms with Crippen LogP contribution in [0.5, 0.6) is 5.88 Å². The predicted molar refractivity (Wildman–Crippen MR) is 109 cm³/mol. The summed E-state index contributed by atoms with van der Waals surface area (Å²) in [6, 6.07) is 13.5. The van der Waals surface area contributed by atoms with Crippen molar-refractivity contribution >= 4 is 28.5 Å². The van der Waals surface area contributed by atoms with Gasteiger partial charge >= 0.3 is 11.9 Å². The lowest BCUT2D eigenvalue weighted by Crippen LogP contribution is -2.34. The van der Waals surface area contributed by atoms with Gasteiger partial charge in [0, 0.05) is 16.0 Å². The molecule has 0 radical (unpaired) electrons. The number of ether oxygens (including phenoxy) is 1. The molecule has 0 aliphatic rings. The summed E-state index contributed by atoms with van der Waals surface area (Å²) in [5, 5.41) is 10.8. The van der Waals surface area contributed by atoms with E-state index in [9.17, 15) is 18.7 Å². The fourth-order valence-electron chi connectivity index (χ4n) is 3.00. The Labute approximate surface area is 171 Å². The number of hydrogen-bond acceptors (Lipinski definition) is 3. The Morgan fingerprint density at radius 2 is 1.93 bits per heavy atom. The molecule has 0 spiro atoms. The molecule has 1 N–H and O–H groups in total. The van der Waals surface area contributed by atoms with E-state index in [4.69, 9.17) is 16.3 Å². The van der Waals surface area contributed by atoms with E-state index in [1.54, 1.807) is 48.5 Å². The predicted octanol–water partition coefficient (Wildman–Crippen LogP) is 6.23. The zero-order valence-corrected chi connectivity index (χ0v) is 16.5. The first-order valence-electron chi connectivity index (χ1n) is 8.85. The highest BCUT2D eigenvalue weighted by atomic mass is 35.5. The van der Waals surface area contributed by atoms with E-state index in [0.29, 0.717) is 33.1 Å². The third-order valence-electron chi connectivity index (χ3n) is 4.41. The number of aromatic nitrogens is 1. The molecular weight excluding hydrogens is 400 g/mol. The summed E-state index contributed by atoms with van der Waals surface area (Å²) < 4.78 is 33.8. The van der Waals surface area contributed by atoms with Crippen LogP contribution in [0.15, 0.2) is 60.7 Å². The van der Waals surface area contributed by atoms with E-state index in [-0.39, 0.29) is 11.4 Å². The second-order valence-corrected chi connectivity index (χ2v) is 6.87. The number of allylic oxidation sites excluding steroid dienone is 1.